The highest BCUT2D eigenvalue weighted by Crippen LogP contribution is 2.23. The average Bonchev–Trinajstić information content (AvgIpc) is 2.33. The Bertz CT molecular complexity index is 545. The molecule has 19 heavy (non-hydrogen) atoms. The van der Waals surface area contributed by atoms with Crippen LogP contribution in [0.4, 0.5) is 5.69 Å². The molecule has 1 aliphatic heterocycles. The number of sulfonamides is 1. The van der Waals surface area contributed by atoms with E-state index >= 15 is 0 Å². The van der Waals surface area contributed by atoms with Crippen molar-refractivity contribution in [3.05, 3.63) is 26.8 Å². The normalized spacial score (nSPS) is 20.2. The van der Waals surface area contributed by atoms with E-state index in [9.17, 15) is 8.42 Å². The largest absolute Gasteiger partial charge is 0.313 e. The molecular formula is C12H16ClIN2O2S. The molecule has 0 bridgehead atoms. The molecular weight excluding hydrogens is 399 g/mol. The quantitative estimate of drug-likeness (QED) is 0.745. The zero-order valence-electron chi connectivity index (χ0n) is 10.3. The van der Waals surface area contributed by atoms with E-state index in [2.05, 4.69) is 32.6 Å². The van der Waals surface area contributed by atoms with E-state index in [0.717, 1.165) is 29.4 Å². The topological polar surface area (TPSA) is 58.2 Å². The van der Waals surface area contributed by atoms with Gasteiger partial charge in [-0.05, 0) is 60.2 Å². The smallest absolute Gasteiger partial charge is 0.234 e. The standard InChI is InChI=1S/C12H16ClIN2O2S/c13-9-4-5-12(11(14)7-9)16-19(17,18)8-10-3-1-2-6-15-10/h4-5,7,10,15-16H,1-3,6,8H2. The maximum Gasteiger partial charge on any atom is 0.234 e. The van der Waals surface area contributed by atoms with Gasteiger partial charge in [-0.15, -0.1) is 0 Å². The first kappa shape index (κ1) is 15.3. The molecule has 0 saturated carbocycles. The highest BCUT2D eigenvalue weighted by molar-refractivity contribution is 14.1. The molecule has 1 fully saturated rings. The van der Waals surface area contributed by atoms with Gasteiger partial charge < -0.3 is 5.32 Å². The zero-order chi connectivity index (χ0) is 13.9. The number of hydrogen-bond acceptors (Lipinski definition) is 3. The minimum absolute atomic E-state index is 0.0520. The van der Waals surface area contributed by atoms with E-state index in [1.165, 1.54) is 0 Å². The minimum Gasteiger partial charge on any atom is -0.313 e. The Balaban J connectivity index is 2.03. The molecule has 1 saturated heterocycles. The number of piperidine rings is 1. The molecule has 1 aromatic rings. The molecule has 2 rings (SSSR count). The van der Waals surface area contributed by atoms with Gasteiger partial charge >= 0.3 is 0 Å². The van der Waals surface area contributed by atoms with E-state index in [0.29, 0.717) is 10.7 Å². The Hall–Kier alpha value is -0.0500. The van der Waals surface area contributed by atoms with E-state index in [1.54, 1.807) is 18.2 Å². The van der Waals surface area contributed by atoms with Crippen molar-refractivity contribution in [2.75, 3.05) is 17.0 Å². The van der Waals surface area contributed by atoms with E-state index in [4.69, 9.17) is 11.6 Å². The summed E-state index contributed by atoms with van der Waals surface area (Å²) in [6.45, 7) is 0.901. The third-order valence-electron chi connectivity index (χ3n) is 3.03. The predicted molar refractivity (Wildman–Crippen MR) is 87.2 cm³/mol. The van der Waals surface area contributed by atoms with Crippen molar-refractivity contribution in [2.24, 2.45) is 0 Å². The van der Waals surface area contributed by atoms with E-state index in [-0.39, 0.29) is 11.8 Å². The Morgan fingerprint density at radius 3 is 2.84 bits per heavy atom. The number of halogens is 2. The lowest BCUT2D eigenvalue weighted by atomic mass is 10.1. The molecule has 106 valence electrons. The van der Waals surface area contributed by atoms with Crippen LogP contribution in [0, 0.1) is 3.57 Å². The molecule has 0 radical (unpaired) electrons. The lowest BCUT2D eigenvalue weighted by molar-refractivity contribution is 0.424. The maximum absolute atomic E-state index is 12.1. The molecule has 2 N–H and O–H groups in total. The SMILES string of the molecule is O=S(=O)(CC1CCCCN1)Nc1ccc(Cl)cc1I. The molecule has 1 heterocycles. The van der Waals surface area contributed by atoms with Crippen LogP contribution >= 0.6 is 34.2 Å². The van der Waals surface area contributed by atoms with Crippen molar-refractivity contribution in [1.29, 1.82) is 0 Å². The van der Waals surface area contributed by atoms with Gasteiger partial charge in [-0.2, -0.15) is 0 Å². The van der Waals surface area contributed by atoms with Crippen molar-refractivity contribution in [3.8, 4) is 0 Å². The highest BCUT2D eigenvalue weighted by Gasteiger charge is 2.21. The summed E-state index contributed by atoms with van der Waals surface area (Å²) in [5.74, 6) is 0.117. The third kappa shape index (κ3) is 4.77. The van der Waals surface area contributed by atoms with Crippen molar-refractivity contribution in [2.45, 2.75) is 25.3 Å². The van der Waals surface area contributed by atoms with Crippen LogP contribution in [0.3, 0.4) is 0 Å². The van der Waals surface area contributed by atoms with Crippen LogP contribution in [0.25, 0.3) is 0 Å². The van der Waals surface area contributed by atoms with E-state index in [1.807, 2.05) is 0 Å². The zero-order valence-corrected chi connectivity index (χ0v) is 14.1. The van der Waals surface area contributed by atoms with Gasteiger partial charge in [-0.3, -0.25) is 4.72 Å². The second-order valence-electron chi connectivity index (χ2n) is 4.65. The number of nitrogens with one attached hydrogen (secondary N) is 2. The maximum atomic E-state index is 12.1. The summed E-state index contributed by atoms with van der Waals surface area (Å²) >= 11 is 7.92. The summed E-state index contributed by atoms with van der Waals surface area (Å²) in [5, 5.41) is 3.84. The van der Waals surface area contributed by atoms with Gasteiger partial charge in [0.2, 0.25) is 10.0 Å². The van der Waals surface area contributed by atoms with Crippen LogP contribution in [0.1, 0.15) is 19.3 Å². The predicted octanol–water partition coefficient (Wildman–Crippen LogP) is 2.83. The van der Waals surface area contributed by atoms with Crippen molar-refractivity contribution in [3.63, 3.8) is 0 Å². The lowest BCUT2D eigenvalue weighted by Gasteiger charge is -2.23. The van der Waals surface area contributed by atoms with Gasteiger partial charge in [0.1, 0.15) is 0 Å². The van der Waals surface area contributed by atoms with Crippen molar-refractivity contribution in [1.82, 2.24) is 5.32 Å². The molecule has 1 atom stereocenters. The van der Waals surface area contributed by atoms with Crippen LogP contribution in [0.2, 0.25) is 5.02 Å². The first-order valence-electron chi connectivity index (χ1n) is 6.15. The van der Waals surface area contributed by atoms with Crippen LogP contribution in [0.5, 0.6) is 0 Å². The second-order valence-corrected chi connectivity index (χ2v) is 8.02. The summed E-state index contributed by atoms with van der Waals surface area (Å²) in [6.07, 6.45) is 3.13. The molecule has 4 nitrogen and oxygen atoms in total. The number of hydrogen-bond donors (Lipinski definition) is 2. The van der Waals surface area contributed by atoms with Gasteiger partial charge in [0.05, 0.1) is 11.4 Å². The molecule has 0 spiro atoms. The fourth-order valence-corrected chi connectivity index (χ4v) is 4.71. The fraction of sp³-hybridized carbons (Fsp3) is 0.500. The molecule has 1 aliphatic rings. The number of benzene rings is 1. The van der Waals surface area contributed by atoms with Gasteiger partial charge in [-0.25, -0.2) is 8.42 Å². The van der Waals surface area contributed by atoms with Crippen LogP contribution in [0.15, 0.2) is 18.2 Å². The average molecular weight is 415 g/mol. The van der Waals surface area contributed by atoms with Crippen LogP contribution in [-0.4, -0.2) is 26.8 Å². The fourth-order valence-electron chi connectivity index (χ4n) is 2.11. The van der Waals surface area contributed by atoms with Gasteiger partial charge in [-0.1, -0.05) is 18.0 Å². The Kier molecular flexibility index (Phi) is 5.33. The summed E-state index contributed by atoms with van der Waals surface area (Å²) in [4.78, 5) is 0. The Morgan fingerprint density at radius 1 is 1.42 bits per heavy atom. The first-order valence-corrected chi connectivity index (χ1v) is 9.26. The highest BCUT2D eigenvalue weighted by atomic mass is 127. The summed E-state index contributed by atoms with van der Waals surface area (Å²) in [5.41, 5.74) is 0.584. The lowest BCUT2D eigenvalue weighted by Crippen LogP contribution is -2.40. The molecule has 0 amide bonds. The number of anilines is 1. The third-order valence-corrected chi connectivity index (χ3v) is 5.53. The van der Waals surface area contributed by atoms with Gasteiger partial charge in [0.25, 0.3) is 0 Å². The van der Waals surface area contributed by atoms with Crippen LogP contribution in [-0.2, 0) is 10.0 Å². The summed E-state index contributed by atoms with van der Waals surface area (Å²) in [6, 6.07) is 5.16. The van der Waals surface area contributed by atoms with E-state index < -0.39 is 10.0 Å². The molecule has 0 aliphatic carbocycles. The molecule has 1 unspecified atom stereocenters. The molecule has 1 aromatic carbocycles. The monoisotopic (exact) mass is 414 g/mol. The minimum atomic E-state index is -3.33. The molecule has 7 heteroatoms. The Labute approximate surface area is 132 Å². The van der Waals surface area contributed by atoms with Crippen molar-refractivity contribution >= 4 is 49.9 Å². The summed E-state index contributed by atoms with van der Waals surface area (Å²) < 4.78 is 27.7. The van der Waals surface area contributed by atoms with Crippen molar-refractivity contribution < 1.29 is 8.42 Å². The first-order chi connectivity index (χ1) is 8.96. The molecule has 0 aromatic heterocycles. The Morgan fingerprint density at radius 2 is 2.21 bits per heavy atom. The van der Waals surface area contributed by atoms with Gasteiger partial charge in [0, 0.05) is 14.6 Å². The van der Waals surface area contributed by atoms with Gasteiger partial charge in [0.15, 0.2) is 0 Å². The summed E-state index contributed by atoms with van der Waals surface area (Å²) in [7, 11) is -3.33. The van der Waals surface area contributed by atoms with Crippen LogP contribution < -0.4 is 10.0 Å². The second kappa shape index (κ2) is 6.60. The number of rotatable bonds is 4.